The van der Waals surface area contributed by atoms with Gasteiger partial charge in [-0.15, -0.1) is 11.3 Å². The van der Waals surface area contributed by atoms with Crippen LogP contribution in [0.5, 0.6) is 5.75 Å². The molecule has 0 spiro atoms. The van der Waals surface area contributed by atoms with E-state index in [-0.39, 0.29) is 9.77 Å². The van der Waals surface area contributed by atoms with Crippen LogP contribution >= 0.6 is 11.3 Å². The second-order valence-corrected chi connectivity index (χ2v) is 14.7. The Morgan fingerprint density at radius 1 is 1.02 bits per heavy atom. The summed E-state index contributed by atoms with van der Waals surface area (Å²) in [5, 5.41) is 4.49. The summed E-state index contributed by atoms with van der Waals surface area (Å²) in [4.78, 5) is 23.6. The minimum Gasteiger partial charge on any atom is -0.496 e. The second kappa shape index (κ2) is 13.5. The Kier molecular flexibility index (Phi) is 9.78. The molecule has 1 fully saturated rings. The third-order valence-corrected chi connectivity index (χ3v) is 10.8. The Balaban J connectivity index is 0.000000474. The monoisotopic (exact) mass is 680 g/mol. The van der Waals surface area contributed by atoms with Gasteiger partial charge in [0.15, 0.2) is 10.0 Å². The number of thiophene rings is 1. The Bertz CT molecular complexity index is 2090. The number of rotatable bonds is 6. The van der Waals surface area contributed by atoms with Gasteiger partial charge in [0.25, 0.3) is 5.56 Å². The molecular weight excluding hydrogens is 641 g/mol. The summed E-state index contributed by atoms with van der Waals surface area (Å²) in [6.07, 6.45) is 0. The average molecular weight is 681 g/mol. The third kappa shape index (κ3) is 7.20. The van der Waals surface area contributed by atoms with Gasteiger partial charge in [0.05, 0.1) is 24.9 Å². The summed E-state index contributed by atoms with van der Waals surface area (Å²) >= 11 is 1.01. The van der Waals surface area contributed by atoms with Crippen molar-refractivity contribution in [3.63, 3.8) is 0 Å². The molecule has 47 heavy (non-hydrogen) atoms. The van der Waals surface area contributed by atoms with E-state index in [1.54, 1.807) is 29.7 Å². The van der Waals surface area contributed by atoms with Gasteiger partial charge in [0, 0.05) is 70.6 Å². The number of hydrogen-bond acceptors (Lipinski definition) is 11. The molecule has 0 bridgehead atoms. The zero-order valence-corrected chi connectivity index (χ0v) is 29.3. The normalized spacial score (nSPS) is 13.9. The van der Waals surface area contributed by atoms with Gasteiger partial charge in [-0.3, -0.25) is 14.3 Å². The molecule has 5 heterocycles. The molecule has 4 aromatic heterocycles. The second-order valence-electron chi connectivity index (χ2n) is 11.8. The number of piperazine rings is 1. The first-order valence-corrected chi connectivity index (χ1v) is 17.3. The first-order chi connectivity index (χ1) is 22.2. The zero-order chi connectivity index (χ0) is 34.2. The number of aryl methyl sites for hydroxylation is 4. The van der Waals surface area contributed by atoms with Crippen LogP contribution in [0.2, 0.25) is 0 Å². The predicted molar refractivity (Wildman–Crippen MR) is 186 cm³/mol. The lowest BCUT2D eigenvalue weighted by molar-refractivity contribution is 0.313. The largest absolute Gasteiger partial charge is 0.496 e. The van der Waals surface area contributed by atoms with Crippen LogP contribution < -0.4 is 20.9 Å². The maximum Gasteiger partial charge on any atom is 0.304 e. The fraction of sp³-hybridized carbons (Fsp3) is 0.364. The summed E-state index contributed by atoms with van der Waals surface area (Å²) < 4.78 is 45.7. The van der Waals surface area contributed by atoms with Crippen molar-refractivity contribution < 1.29 is 22.2 Å². The molecule has 12 nitrogen and oxygen atoms in total. The van der Waals surface area contributed by atoms with Crippen molar-refractivity contribution in [2.45, 2.75) is 45.4 Å². The molecular formula is C33H40N6O6S2. The van der Waals surface area contributed by atoms with Gasteiger partial charge in [-0.05, 0) is 65.4 Å². The quantitative estimate of drug-likeness (QED) is 0.233. The number of nitrogen functional groups attached to an aromatic ring is 1. The molecule has 0 amide bonds. The predicted octanol–water partition coefficient (Wildman–Crippen LogP) is 4.98. The maximum absolute atomic E-state index is 13.6. The van der Waals surface area contributed by atoms with Crippen LogP contribution in [0.4, 0.5) is 11.5 Å². The van der Waals surface area contributed by atoms with Crippen LogP contribution in [0.3, 0.4) is 0 Å². The zero-order valence-electron chi connectivity index (χ0n) is 27.6. The lowest BCUT2D eigenvalue weighted by atomic mass is 10.0. The van der Waals surface area contributed by atoms with E-state index in [2.05, 4.69) is 22.0 Å². The highest BCUT2D eigenvalue weighted by atomic mass is 32.3. The number of benzene rings is 1. The number of methoxy groups -OCH3 is 1. The first-order valence-electron chi connectivity index (χ1n) is 15.1. The van der Waals surface area contributed by atoms with E-state index in [4.69, 9.17) is 20.0 Å². The number of anilines is 2. The number of hydrogen-bond donors (Lipinski definition) is 2. The summed E-state index contributed by atoms with van der Waals surface area (Å²) in [5.41, 5.74) is 11.4. The molecule has 0 saturated carbocycles. The Morgan fingerprint density at radius 2 is 1.72 bits per heavy atom. The van der Waals surface area contributed by atoms with Gasteiger partial charge in [-0.1, -0.05) is 17.3 Å². The molecule has 0 aliphatic carbocycles. The maximum atomic E-state index is 13.6. The molecule has 14 heteroatoms. The van der Waals surface area contributed by atoms with E-state index in [1.807, 2.05) is 45.9 Å². The van der Waals surface area contributed by atoms with Crippen LogP contribution in [0, 0.1) is 34.6 Å². The first kappa shape index (κ1) is 34.1. The van der Waals surface area contributed by atoms with Gasteiger partial charge in [-0.25, -0.2) is 0 Å². The Hall–Kier alpha value is -4.24. The minimum absolute atomic E-state index is 0.105. The van der Waals surface area contributed by atoms with Crippen LogP contribution in [0.1, 0.15) is 33.2 Å². The molecule has 250 valence electrons. The van der Waals surface area contributed by atoms with Crippen molar-refractivity contribution in [3.05, 3.63) is 79.9 Å². The summed E-state index contributed by atoms with van der Waals surface area (Å²) in [6, 6.07) is 10.8. The number of nitrogens with two attached hydrogens (primary N) is 1. The smallest absolute Gasteiger partial charge is 0.304 e. The SMILES string of the molecule is COc1cc(Cn2c(=O)cc(N3CCN(C)CC3)c3c(C)nc(C)cc32)ccc1-c1cc(C)sc1S(=O)(=O)O.Cc1onc(N)c1C. The highest BCUT2D eigenvalue weighted by Gasteiger charge is 2.24. The van der Waals surface area contributed by atoms with E-state index >= 15 is 0 Å². The molecule has 1 aliphatic rings. The van der Waals surface area contributed by atoms with E-state index < -0.39 is 10.1 Å². The van der Waals surface area contributed by atoms with Gasteiger partial charge in [-0.2, -0.15) is 8.42 Å². The van der Waals surface area contributed by atoms with Gasteiger partial charge >= 0.3 is 10.1 Å². The van der Waals surface area contributed by atoms with Crippen molar-refractivity contribution in [2.75, 3.05) is 51.0 Å². The van der Waals surface area contributed by atoms with Crippen molar-refractivity contribution in [3.8, 4) is 16.9 Å². The molecule has 5 aromatic rings. The van der Waals surface area contributed by atoms with Crippen molar-refractivity contribution in [1.29, 1.82) is 0 Å². The van der Waals surface area contributed by atoms with Crippen molar-refractivity contribution in [2.24, 2.45) is 0 Å². The van der Waals surface area contributed by atoms with Crippen LogP contribution in [0.15, 0.2) is 49.9 Å². The molecule has 0 unspecified atom stereocenters. The molecule has 0 radical (unpaired) electrons. The standard InChI is InChI=1S/C28H32N4O5S2.C5H8N2O/c1-17-12-24-27(19(3)29-17)23(31-10-8-30(4)9-11-31)15-26(33)32(24)16-20-6-7-21(25(14-20)37-5)22-13-18(2)38-28(22)39(34,35)36;1-3-4(2)8-7-5(3)6/h6-7,12-15H,8-11,16H2,1-5H3,(H,34,35,36);1-2H3,(H2,6,7). The fourth-order valence-electron chi connectivity index (χ4n) is 5.73. The Morgan fingerprint density at radius 3 is 2.30 bits per heavy atom. The Labute approximate surface area is 278 Å². The van der Waals surface area contributed by atoms with Gasteiger partial charge < -0.3 is 29.4 Å². The minimum atomic E-state index is -4.39. The topological polar surface area (TPSA) is 157 Å². The van der Waals surface area contributed by atoms with Crippen molar-refractivity contribution in [1.82, 2.24) is 19.6 Å². The number of ether oxygens (including phenoxy) is 1. The van der Waals surface area contributed by atoms with E-state index in [0.717, 1.165) is 87.3 Å². The molecule has 3 N–H and O–H groups in total. The third-order valence-electron chi connectivity index (χ3n) is 8.37. The lowest BCUT2D eigenvalue weighted by Crippen LogP contribution is -2.45. The highest BCUT2D eigenvalue weighted by molar-refractivity contribution is 7.88. The number of likely N-dealkylation sites (N-methyl/N-ethyl adjacent to an activating group) is 1. The fourth-order valence-corrected chi connectivity index (χ4v) is 7.74. The molecule has 1 aliphatic heterocycles. The summed E-state index contributed by atoms with van der Waals surface area (Å²) in [6.45, 7) is 13.2. The van der Waals surface area contributed by atoms with Crippen LogP contribution in [-0.2, 0) is 16.7 Å². The molecule has 1 saturated heterocycles. The van der Waals surface area contributed by atoms with E-state index in [0.29, 0.717) is 29.2 Å². The van der Waals surface area contributed by atoms with Crippen molar-refractivity contribution >= 4 is 43.9 Å². The molecule has 6 rings (SSSR count). The van der Waals surface area contributed by atoms with Crippen LogP contribution in [0.25, 0.3) is 22.0 Å². The molecule has 0 atom stereocenters. The average Bonchev–Trinajstić information content (AvgIpc) is 3.55. The number of aromatic nitrogens is 3. The summed E-state index contributed by atoms with van der Waals surface area (Å²) in [7, 11) is -0.777. The number of nitrogens with zero attached hydrogens (tertiary/aromatic N) is 5. The number of pyridine rings is 2. The molecule has 1 aromatic carbocycles. The van der Waals surface area contributed by atoms with Crippen LogP contribution in [-0.4, -0.2) is 72.9 Å². The van der Waals surface area contributed by atoms with Gasteiger partial charge in [0.2, 0.25) is 0 Å². The highest BCUT2D eigenvalue weighted by Crippen LogP contribution is 2.40. The summed E-state index contributed by atoms with van der Waals surface area (Å²) in [5.74, 6) is 1.74. The van der Waals surface area contributed by atoms with E-state index in [1.165, 1.54) is 7.11 Å². The van der Waals surface area contributed by atoms with E-state index in [9.17, 15) is 17.8 Å². The number of fused-ring (bicyclic) bond motifs is 1. The van der Waals surface area contributed by atoms with Gasteiger partial charge in [0.1, 0.15) is 11.5 Å². The lowest BCUT2D eigenvalue weighted by Gasteiger charge is -2.35.